The number of benzene rings is 1. The van der Waals surface area contributed by atoms with Gasteiger partial charge in [-0.25, -0.2) is 0 Å². The highest BCUT2D eigenvalue weighted by atomic mass is 32.2. The van der Waals surface area contributed by atoms with Crippen molar-refractivity contribution < 1.29 is 4.21 Å². The molecular weight excluding hydrogens is 270 g/mol. The monoisotopic (exact) mass is 295 g/mol. The molecule has 0 amide bonds. The van der Waals surface area contributed by atoms with Crippen LogP contribution in [0.1, 0.15) is 31.9 Å². The smallest absolute Gasteiger partial charge is 0.193 e. The van der Waals surface area contributed by atoms with E-state index in [1.807, 2.05) is 39.0 Å². The molecule has 0 heterocycles. The van der Waals surface area contributed by atoms with E-state index in [0.717, 1.165) is 5.69 Å². The van der Waals surface area contributed by atoms with E-state index in [1.165, 1.54) is 11.1 Å². The van der Waals surface area contributed by atoms with Crippen LogP contribution < -0.4 is 11.1 Å². The van der Waals surface area contributed by atoms with E-state index in [9.17, 15) is 4.21 Å². The Labute approximate surface area is 124 Å². The second-order valence-corrected chi connectivity index (χ2v) is 8.18. The summed E-state index contributed by atoms with van der Waals surface area (Å²) in [5.41, 5.74) is 9.20. The molecule has 0 spiro atoms. The molecule has 1 unspecified atom stereocenters. The zero-order valence-corrected chi connectivity index (χ0v) is 13.8. The highest BCUT2D eigenvalue weighted by Gasteiger charge is 2.18. The lowest BCUT2D eigenvalue weighted by atomic mass is 10.1. The maximum Gasteiger partial charge on any atom is 0.193 e. The molecular formula is C15H25N3OS. The second kappa shape index (κ2) is 6.88. The predicted molar refractivity (Wildman–Crippen MR) is 88.8 cm³/mol. The summed E-state index contributed by atoms with van der Waals surface area (Å²) in [4.78, 5) is 4.22. The van der Waals surface area contributed by atoms with E-state index in [2.05, 4.69) is 24.2 Å². The Balaban J connectivity index is 2.54. The Kier molecular flexibility index (Phi) is 5.74. The van der Waals surface area contributed by atoms with Gasteiger partial charge in [0, 0.05) is 27.0 Å². The number of nitrogens with zero attached hydrogens (tertiary/aromatic N) is 1. The van der Waals surface area contributed by atoms with E-state index < -0.39 is 10.8 Å². The highest BCUT2D eigenvalue weighted by Crippen LogP contribution is 2.14. The Morgan fingerprint density at radius 3 is 2.50 bits per heavy atom. The summed E-state index contributed by atoms with van der Waals surface area (Å²) in [6.07, 6.45) is 0. The first-order valence-corrected chi connectivity index (χ1v) is 8.04. The van der Waals surface area contributed by atoms with Crippen molar-refractivity contribution >= 4 is 22.4 Å². The third-order valence-electron chi connectivity index (χ3n) is 3.02. The molecule has 0 bridgehead atoms. The standard InChI is InChI=1S/C15H25N3OS/c1-11-6-7-13(10-12(11)2)18-14(16)17-8-9-20(19)15(3,4)5/h6-7,10H,8-9H2,1-5H3,(H3,16,17,18). The number of guanidine groups is 1. The largest absolute Gasteiger partial charge is 0.370 e. The first kappa shape index (κ1) is 16.7. The maximum absolute atomic E-state index is 11.9. The van der Waals surface area contributed by atoms with E-state index in [1.54, 1.807) is 0 Å². The summed E-state index contributed by atoms with van der Waals surface area (Å²) in [6.45, 7) is 10.5. The SMILES string of the molecule is Cc1ccc(NC(N)=NCCS(=O)C(C)(C)C)cc1C. The zero-order chi connectivity index (χ0) is 15.3. The molecule has 1 rings (SSSR count). The van der Waals surface area contributed by atoms with E-state index in [0.29, 0.717) is 18.3 Å². The molecule has 20 heavy (non-hydrogen) atoms. The fourth-order valence-electron chi connectivity index (χ4n) is 1.56. The van der Waals surface area contributed by atoms with Gasteiger partial charge in [-0.15, -0.1) is 0 Å². The second-order valence-electron chi connectivity index (χ2n) is 5.85. The minimum Gasteiger partial charge on any atom is -0.370 e. The van der Waals surface area contributed by atoms with Crippen molar-refractivity contribution in [3.63, 3.8) is 0 Å². The van der Waals surface area contributed by atoms with Crippen molar-refractivity contribution in [2.75, 3.05) is 17.6 Å². The molecule has 5 heteroatoms. The minimum absolute atomic E-state index is 0.203. The molecule has 1 atom stereocenters. The molecule has 1 aromatic carbocycles. The van der Waals surface area contributed by atoms with Gasteiger partial charge in [0.1, 0.15) is 0 Å². The Morgan fingerprint density at radius 2 is 1.95 bits per heavy atom. The molecule has 0 saturated carbocycles. The number of anilines is 1. The van der Waals surface area contributed by atoms with Crippen molar-refractivity contribution in [2.45, 2.75) is 39.4 Å². The van der Waals surface area contributed by atoms with Crippen LogP contribution in [0.5, 0.6) is 0 Å². The average molecular weight is 295 g/mol. The summed E-state index contributed by atoms with van der Waals surface area (Å²) in [6, 6.07) is 6.04. The summed E-state index contributed by atoms with van der Waals surface area (Å²) in [5.74, 6) is 0.887. The Bertz CT molecular complexity index is 518. The van der Waals surface area contributed by atoms with Gasteiger partial charge in [-0.3, -0.25) is 9.20 Å². The number of rotatable bonds is 4. The third-order valence-corrected chi connectivity index (χ3v) is 4.94. The lowest BCUT2D eigenvalue weighted by molar-refractivity contribution is 0.648. The van der Waals surface area contributed by atoms with Gasteiger partial charge < -0.3 is 11.1 Å². The van der Waals surface area contributed by atoms with Crippen molar-refractivity contribution in [1.82, 2.24) is 0 Å². The summed E-state index contributed by atoms with van der Waals surface area (Å²) < 4.78 is 11.7. The van der Waals surface area contributed by atoms with Crippen LogP contribution in [0.3, 0.4) is 0 Å². The van der Waals surface area contributed by atoms with Crippen LogP contribution in [0.15, 0.2) is 23.2 Å². The summed E-state index contributed by atoms with van der Waals surface area (Å²) in [7, 11) is -0.897. The van der Waals surface area contributed by atoms with E-state index in [4.69, 9.17) is 5.73 Å². The molecule has 0 aliphatic carbocycles. The Hall–Kier alpha value is -1.36. The van der Waals surface area contributed by atoms with Gasteiger partial charge in [-0.2, -0.15) is 0 Å². The lowest BCUT2D eigenvalue weighted by Crippen LogP contribution is -2.27. The van der Waals surface area contributed by atoms with Crippen LogP contribution in [0, 0.1) is 13.8 Å². The normalized spacial score (nSPS) is 14.2. The van der Waals surface area contributed by atoms with Crippen molar-refractivity contribution in [3.05, 3.63) is 29.3 Å². The summed E-state index contributed by atoms with van der Waals surface area (Å²) in [5, 5.41) is 3.05. The fourth-order valence-corrected chi connectivity index (χ4v) is 2.43. The van der Waals surface area contributed by atoms with Gasteiger partial charge in [-0.05, 0) is 57.9 Å². The van der Waals surface area contributed by atoms with E-state index in [-0.39, 0.29) is 4.75 Å². The number of aryl methyl sites for hydroxylation is 2. The van der Waals surface area contributed by atoms with Gasteiger partial charge in [0.15, 0.2) is 5.96 Å². The molecule has 0 fully saturated rings. The lowest BCUT2D eigenvalue weighted by Gasteiger charge is -2.16. The van der Waals surface area contributed by atoms with Crippen LogP contribution in [0.4, 0.5) is 5.69 Å². The van der Waals surface area contributed by atoms with Crippen molar-refractivity contribution in [1.29, 1.82) is 0 Å². The molecule has 0 saturated heterocycles. The van der Waals surface area contributed by atoms with Crippen LogP contribution in [-0.4, -0.2) is 27.2 Å². The minimum atomic E-state index is -0.897. The van der Waals surface area contributed by atoms with Gasteiger partial charge in [-0.1, -0.05) is 6.07 Å². The van der Waals surface area contributed by atoms with Crippen LogP contribution >= 0.6 is 0 Å². The number of aliphatic imine (C=N–C) groups is 1. The van der Waals surface area contributed by atoms with Crippen molar-refractivity contribution in [2.24, 2.45) is 10.7 Å². The fraction of sp³-hybridized carbons (Fsp3) is 0.533. The average Bonchev–Trinajstić information content (AvgIpc) is 2.32. The van der Waals surface area contributed by atoms with Crippen LogP contribution in [0.2, 0.25) is 0 Å². The molecule has 0 aliphatic rings. The number of nitrogens with one attached hydrogen (secondary N) is 1. The van der Waals surface area contributed by atoms with Crippen molar-refractivity contribution in [3.8, 4) is 0 Å². The molecule has 0 aliphatic heterocycles. The number of nitrogens with two attached hydrogens (primary N) is 1. The number of hydrogen-bond acceptors (Lipinski definition) is 2. The predicted octanol–water partition coefficient (Wildman–Crippen LogP) is 2.58. The molecule has 4 nitrogen and oxygen atoms in total. The molecule has 1 aromatic rings. The first-order chi connectivity index (χ1) is 9.20. The topological polar surface area (TPSA) is 67.5 Å². The molecule has 0 aromatic heterocycles. The van der Waals surface area contributed by atoms with Gasteiger partial charge in [0.05, 0.1) is 6.54 Å². The molecule has 112 valence electrons. The Morgan fingerprint density at radius 1 is 1.30 bits per heavy atom. The maximum atomic E-state index is 11.9. The van der Waals surface area contributed by atoms with Gasteiger partial charge in [0.25, 0.3) is 0 Å². The highest BCUT2D eigenvalue weighted by molar-refractivity contribution is 7.86. The first-order valence-electron chi connectivity index (χ1n) is 6.73. The molecule has 0 radical (unpaired) electrons. The molecule has 3 N–H and O–H groups in total. The quantitative estimate of drug-likeness (QED) is 0.662. The third kappa shape index (κ3) is 5.33. The van der Waals surface area contributed by atoms with Gasteiger partial charge in [0.2, 0.25) is 0 Å². The van der Waals surface area contributed by atoms with Crippen LogP contribution in [0.25, 0.3) is 0 Å². The zero-order valence-electron chi connectivity index (χ0n) is 13.0. The van der Waals surface area contributed by atoms with Crippen LogP contribution in [-0.2, 0) is 10.8 Å². The van der Waals surface area contributed by atoms with Gasteiger partial charge >= 0.3 is 0 Å². The summed E-state index contributed by atoms with van der Waals surface area (Å²) >= 11 is 0. The van der Waals surface area contributed by atoms with E-state index >= 15 is 0 Å². The number of hydrogen-bond donors (Lipinski definition) is 2.